The number of unbranched alkanes of at least 4 members (excludes halogenated alkanes) is 1. The first-order chi connectivity index (χ1) is 10.9. The molecule has 0 radical (unpaired) electrons. The Labute approximate surface area is 138 Å². The molecule has 1 aromatic rings. The summed E-state index contributed by atoms with van der Waals surface area (Å²) in [4.78, 5) is 4.51. The van der Waals surface area contributed by atoms with Gasteiger partial charge in [0.15, 0.2) is 0 Å². The van der Waals surface area contributed by atoms with Crippen molar-refractivity contribution in [1.82, 2.24) is 13.9 Å². The number of hydrogen-bond donors (Lipinski definition) is 0. The summed E-state index contributed by atoms with van der Waals surface area (Å²) in [7, 11) is -1.61. The van der Waals surface area contributed by atoms with Crippen molar-refractivity contribution in [3.63, 3.8) is 0 Å². The summed E-state index contributed by atoms with van der Waals surface area (Å²) in [6.07, 6.45) is 7.53. The molecule has 3 rings (SSSR count). The van der Waals surface area contributed by atoms with Gasteiger partial charge in [-0.15, -0.1) is 0 Å². The van der Waals surface area contributed by atoms with Crippen LogP contribution in [0.1, 0.15) is 57.4 Å². The molecule has 6 nitrogen and oxygen atoms in total. The van der Waals surface area contributed by atoms with Crippen molar-refractivity contribution < 1.29 is 13.2 Å². The topological polar surface area (TPSA) is 64.4 Å². The van der Waals surface area contributed by atoms with Gasteiger partial charge in [-0.05, 0) is 25.7 Å². The third-order valence-electron chi connectivity index (χ3n) is 4.83. The van der Waals surface area contributed by atoms with Gasteiger partial charge in [-0.2, -0.15) is 4.31 Å². The molecule has 1 saturated heterocycles. The van der Waals surface area contributed by atoms with Gasteiger partial charge in [0.1, 0.15) is 5.82 Å². The number of rotatable bonds is 8. The van der Waals surface area contributed by atoms with Crippen LogP contribution < -0.4 is 0 Å². The fourth-order valence-electron chi connectivity index (χ4n) is 3.44. The number of imidazole rings is 1. The molecule has 1 atom stereocenters. The number of ether oxygens (including phenoxy) is 1. The highest BCUT2D eigenvalue weighted by atomic mass is 32.2. The summed E-state index contributed by atoms with van der Waals surface area (Å²) in [5.41, 5.74) is -0.0718. The number of sulfonamides is 1. The van der Waals surface area contributed by atoms with Crippen LogP contribution in [0.25, 0.3) is 0 Å². The third kappa shape index (κ3) is 3.32. The van der Waals surface area contributed by atoms with Gasteiger partial charge in [-0.1, -0.05) is 13.8 Å². The molecule has 1 saturated carbocycles. The Bertz CT molecular complexity index is 649. The number of methoxy groups -OCH3 is 1. The van der Waals surface area contributed by atoms with E-state index in [9.17, 15) is 8.42 Å². The van der Waals surface area contributed by atoms with E-state index in [4.69, 9.17) is 4.74 Å². The predicted octanol–water partition coefficient (Wildman–Crippen LogP) is 2.36. The molecule has 0 amide bonds. The van der Waals surface area contributed by atoms with Crippen LogP contribution >= 0.6 is 0 Å². The molecule has 0 aromatic carbocycles. The molecule has 0 N–H and O–H groups in total. The van der Waals surface area contributed by atoms with Crippen LogP contribution in [-0.4, -0.2) is 48.3 Å². The summed E-state index contributed by atoms with van der Waals surface area (Å²) >= 11 is 0. The molecular weight excluding hydrogens is 314 g/mol. The molecular formula is C16H27N3O3S. The van der Waals surface area contributed by atoms with E-state index in [1.165, 1.54) is 12.8 Å². The monoisotopic (exact) mass is 341 g/mol. The Morgan fingerprint density at radius 2 is 2.09 bits per heavy atom. The lowest BCUT2D eigenvalue weighted by molar-refractivity contribution is 0.0114. The van der Waals surface area contributed by atoms with E-state index in [0.29, 0.717) is 25.6 Å². The summed E-state index contributed by atoms with van der Waals surface area (Å²) in [5, 5.41) is 0. The van der Waals surface area contributed by atoms with Gasteiger partial charge in [-0.25, -0.2) is 13.4 Å². The van der Waals surface area contributed by atoms with E-state index in [2.05, 4.69) is 23.4 Å². The van der Waals surface area contributed by atoms with Gasteiger partial charge < -0.3 is 9.30 Å². The molecule has 1 aromatic heterocycles. The Balaban J connectivity index is 1.76. The lowest BCUT2D eigenvalue weighted by atomic mass is 9.76. The maximum atomic E-state index is 12.7. The predicted molar refractivity (Wildman–Crippen MR) is 88.6 cm³/mol. The summed E-state index contributed by atoms with van der Waals surface area (Å²) < 4.78 is 34.3. The van der Waals surface area contributed by atoms with Crippen LogP contribution in [0.2, 0.25) is 0 Å². The zero-order valence-corrected chi connectivity index (χ0v) is 15.1. The molecule has 2 fully saturated rings. The highest BCUT2D eigenvalue weighted by Gasteiger charge is 2.54. The number of aromatic nitrogens is 2. The average Bonchev–Trinajstić information content (AvgIpc) is 3.22. The van der Waals surface area contributed by atoms with Gasteiger partial charge in [-0.3, -0.25) is 0 Å². The van der Waals surface area contributed by atoms with Crippen molar-refractivity contribution >= 4 is 10.0 Å². The lowest BCUT2D eigenvalue weighted by Crippen LogP contribution is -2.58. The van der Waals surface area contributed by atoms with Gasteiger partial charge in [0.05, 0.1) is 11.8 Å². The third-order valence-corrected chi connectivity index (χ3v) is 6.69. The Hall–Kier alpha value is -0.920. The van der Waals surface area contributed by atoms with Crippen LogP contribution in [0.5, 0.6) is 0 Å². The second kappa shape index (κ2) is 6.18. The zero-order chi connectivity index (χ0) is 16.7. The molecule has 1 unspecified atom stereocenters. The molecule has 130 valence electrons. The van der Waals surface area contributed by atoms with Crippen molar-refractivity contribution in [3.05, 3.63) is 18.2 Å². The second-order valence-electron chi connectivity index (χ2n) is 7.38. The fourth-order valence-corrected chi connectivity index (χ4v) is 5.47. The van der Waals surface area contributed by atoms with Crippen molar-refractivity contribution in [2.24, 2.45) is 5.41 Å². The maximum Gasteiger partial charge on any atom is 0.214 e. The van der Waals surface area contributed by atoms with E-state index in [0.717, 1.165) is 12.2 Å². The summed E-state index contributed by atoms with van der Waals surface area (Å²) in [6, 6.07) is 0.362. The van der Waals surface area contributed by atoms with Crippen LogP contribution in [0, 0.1) is 5.41 Å². The molecule has 0 spiro atoms. The van der Waals surface area contributed by atoms with Gasteiger partial charge >= 0.3 is 0 Å². The summed E-state index contributed by atoms with van der Waals surface area (Å²) in [5.74, 6) is 1.09. The minimum atomic E-state index is -3.25. The van der Waals surface area contributed by atoms with Gasteiger partial charge in [0.2, 0.25) is 10.0 Å². The van der Waals surface area contributed by atoms with E-state index in [1.807, 2.05) is 6.20 Å². The first-order valence-electron chi connectivity index (χ1n) is 8.38. The molecule has 23 heavy (non-hydrogen) atoms. The van der Waals surface area contributed by atoms with Gasteiger partial charge in [0.25, 0.3) is 0 Å². The molecule has 1 aliphatic heterocycles. The number of hydrogen-bond acceptors (Lipinski definition) is 4. The normalized spacial score (nSPS) is 24.6. The molecule has 2 aliphatic rings. The molecule has 2 heterocycles. The van der Waals surface area contributed by atoms with Crippen molar-refractivity contribution in [1.29, 1.82) is 0 Å². The quantitative estimate of drug-likeness (QED) is 0.681. The molecule has 0 bridgehead atoms. The Morgan fingerprint density at radius 3 is 2.70 bits per heavy atom. The van der Waals surface area contributed by atoms with E-state index in [1.54, 1.807) is 17.6 Å². The largest absolute Gasteiger partial charge is 0.385 e. The minimum Gasteiger partial charge on any atom is -0.385 e. The second-order valence-corrected chi connectivity index (χ2v) is 9.42. The van der Waals surface area contributed by atoms with Crippen molar-refractivity contribution in [2.75, 3.05) is 26.0 Å². The van der Waals surface area contributed by atoms with Crippen LogP contribution in [0.15, 0.2) is 12.4 Å². The SMILES string of the molecule is COCCCCS(=O)(=O)N1CC(C)(C)C1c1nccn1C1CC1. The Morgan fingerprint density at radius 1 is 1.35 bits per heavy atom. The first kappa shape index (κ1) is 16.9. The first-order valence-corrected chi connectivity index (χ1v) is 9.99. The molecule has 7 heteroatoms. The highest BCUT2D eigenvalue weighted by Crippen LogP contribution is 2.51. The maximum absolute atomic E-state index is 12.7. The van der Waals surface area contributed by atoms with Crippen molar-refractivity contribution in [2.45, 2.75) is 51.6 Å². The van der Waals surface area contributed by atoms with Crippen LogP contribution in [-0.2, 0) is 14.8 Å². The van der Waals surface area contributed by atoms with Crippen LogP contribution in [0.4, 0.5) is 0 Å². The van der Waals surface area contributed by atoms with Crippen LogP contribution in [0.3, 0.4) is 0 Å². The average molecular weight is 341 g/mol. The minimum absolute atomic E-state index is 0.0718. The summed E-state index contributed by atoms with van der Waals surface area (Å²) in [6.45, 7) is 5.43. The zero-order valence-electron chi connectivity index (χ0n) is 14.2. The van der Waals surface area contributed by atoms with E-state index in [-0.39, 0.29) is 17.2 Å². The van der Waals surface area contributed by atoms with E-state index >= 15 is 0 Å². The molecule has 1 aliphatic carbocycles. The smallest absolute Gasteiger partial charge is 0.214 e. The Kier molecular flexibility index (Phi) is 4.55. The number of nitrogens with zero attached hydrogens (tertiary/aromatic N) is 3. The highest BCUT2D eigenvalue weighted by molar-refractivity contribution is 7.89. The fraction of sp³-hybridized carbons (Fsp3) is 0.812. The van der Waals surface area contributed by atoms with Gasteiger partial charge in [0, 0.05) is 44.1 Å². The lowest BCUT2D eigenvalue weighted by Gasteiger charge is -2.52. The van der Waals surface area contributed by atoms with Crippen molar-refractivity contribution in [3.8, 4) is 0 Å². The standard InChI is InChI=1S/C16H27N3O3S/c1-16(2)12-19(23(20,21)11-5-4-10-22-3)14(16)15-17-8-9-18(15)13-6-7-13/h8-9,13-14H,4-7,10-12H2,1-3H3. The van der Waals surface area contributed by atoms with E-state index < -0.39 is 10.0 Å².